The van der Waals surface area contributed by atoms with Gasteiger partial charge in [0, 0.05) is 13.5 Å². The molecule has 2 amide bonds. The molecule has 1 fully saturated rings. The van der Waals surface area contributed by atoms with E-state index in [1.54, 1.807) is 25.1 Å². The smallest absolute Gasteiger partial charge is 0.325 e. The van der Waals surface area contributed by atoms with Crippen molar-refractivity contribution in [2.45, 2.75) is 32.7 Å². The molecular formula is C18H22N2O6. The SMILES string of the molecule is CCOC(=O)CNC(=O)[C@H]1CCCN1C(=O)c1ccccc1OC(C)=O. The van der Waals surface area contributed by atoms with Crippen molar-refractivity contribution in [1.29, 1.82) is 0 Å². The molecule has 0 unspecified atom stereocenters. The Morgan fingerprint density at radius 1 is 1.23 bits per heavy atom. The van der Waals surface area contributed by atoms with Crippen LogP contribution in [0.4, 0.5) is 0 Å². The summed E-state index contributed by atoms with van der Waals surface area (Å²) in [5.41, 5.74) is 0.216. The van der Waals surface area contributed by atoms with Crippen molar-refractivity contribution < 1.29 is 28.7 Å². The highest BCUT2D eigenvalue weighted by Gasteiger charge is 2.35. The van der Waals surface area contributed by atoms with E-state index in [1.165, 1.54) is 17.9 Å². The summed E-state index contributed by atoms with van der Waals surface area (Å²) in [6.45, 7) is 3.33. The molecule has 1 aliphatic heterocycles. The summed E-state index contributed by atoms with van der Waals surface area (Å²) in [6.07, 6.45) is 1.16. The van der Waals surface area contributed by atoms with Gasteiger partial charge in [0.25, 0.3) is 5.91 Å². The number of benzene rings is 1. The minimum atomic E-state index is -0.678. The Bertz CT molecular complexity index is 703. The van der Waals surface area contributed by atoms with Gasteiger partial charge in [-0.15, -0.1) is 0 Å². The van der Waals surface area contributed by atoms with Crippen LogP contribution < -0.4 is 10.1 Å². The summed E-state index contributed by atoms with van der Waals surface area (Å²) >= 11 is 0. The van der Waals surface area contributed by atoms with Crippen LogP contribution in [0.15, 0.2) is 24.3 Å². The second-order valence-corrected chi connectivity index (χ2v) is 5.77. The molecule has 26 heavy (non-hydrogen) atoms. The molecule has 0 aliphatic carbocycles. The van der Waals surface area contributed by atoms with Gasteiger partial charge in [-0.1, -0.05) is 12.1 Å². The molecule has 8 nitrogen and oxygen atoms in total. The molecule has 0 radical (unpaired) electrons. The summed E-state index contributed by atoms with van der Waals surface area (Å²) < 4.78 is 9.85. The van der Waals surface area contributed by atoms with Crippen LogP contribution in [0.2, 0.25) is 0 Å². The summed E-state index contributed by atoms with van der Waals surface area (Å²) in [4.78, 5) is 49.3. The minimum absolute atomic E-state index is 0.155. The van der Waals surface area contributed by atoms with E-state index in [0.29, 0.717) is 19.4 Å². The molecular weight excluding hydrogens is 340 g/mol. The van der Waals surface area contributed by atoms with Crippen molar-refractivity contribution in [1.82, 2.24) is 10.2 Å². The van der Waals surface area contributed by atoms with E-state index in [0.717, 1.165) is 0 Å². The molecule has 1 atom stereocenters. The fourth-order valence-corrected chi connectivity index (χ4v) is 2.81. The van der Waals surface area contributed by atoms with Gasteiger partial charge in [0.05, 0.1) is 12.2 Å². The van der Waals surface area contributed by atoms with Gasteiger partial charge in [0.15, 0.2) is 0 Å². The van der Waals surface area contributed by atoms with E-state index in [1.807, 2.05) is 0 Å². The Morgan fingerprint density at radius 3 is 2.65 bits per heavy atom. The van der Waals surface area contributed by atoms with Crippen molar-refractivity contribution in [3.63, 3.8) is 0 Å². The summed E-state index contributed by atoms with van der Waals surface area (Å²) in [5, 5.41) is 2.50. The molecule has 0 aromatic heterocycles. The van der Waals surface area contributed by atoms with E-state index >= 15 is 0 Å². The summed E-state index contributed by atoms with van der Waals surface area (Å²) in [7, 11) is 0. The van der Waals surface area contributed by atoms with Gasteiger partial charge < -0.3 is 19.7 Å². The Kier molecular flexibility index (Phi) is 6.71. The fraction of sp³-hybridized carbons (Fsp3) is 0.444. The Hall–Kier alpha value is -2.90. The van der Waals surface area contributed by atoms with Crippen LogP contribution in [0, 0.1) is 0 Å². The highest BCUT2D eigenvalue weighted by molar-refractivity contribution is 6.00. The molecule has 8 heteroatoms. The Morgan fingerprint density at radius 2 is 1.96 bits per heavy atom. The van der Waals surface area contributed by atoms with Gasteiger partial charge in [-0.25, -0.2) is 0 Å². The summed E-state index contributed by atoms with van der Waals surface area (Å²) in [6, 6.07) is 5.71. The number of likely N-dealkylation sites (tertiary alicyclic amines) is 1. The molecule has 1 heterocycles. The van der Waals surface area contributed by atoms with Crippen molar-refractivity contribution in [2.75, 3.05) is 19.7 Å². The molecule has 1 aromatic carbocycles. The van der Waals surface area contributed by atoms with Gasteiger partial charge in [0.2, 0.25) is 5.91 Å². The van der Waals surface area contributed by atoms with Gasteiger partial charge in [-0.2, -0.15) is 0 Å². The van der Waals surface area contributed by atoms with Gasteiger partial charge in [-0.05, 0) is 31.9 Å². The first kappa shape index (κ1) is 19.4. The highest BCUT2D eigenvalue weighted by atomic mass is 16.5. The number of amides is 2. The minimum Gasteiger partial charge on any atom is -0.465 e. The number of nitrogens with zero attached hydrogens (tertiary/aromatic N) is 1. The third-order valence-corrected chi connectivity index (χ3v) is 3.90. The third kappa shape index (κ3) is 4.81. The largest absolute Gasteiger partial charge is 0.465 e. The predicted molar refractivity (Wildman–Crippen MR) is 91.5 cm³/mol. The van der Waals surface area contributed by atoms with Crippen LogP contribution in [0.25, 0.3) is 0 Å². The Labute approximate surface area is 151 Å². The number of ether oxygens (including phenoxy) is 2. The average Bonchev–Trinajstić information content (AvgIpc) is 3.09. The fourth-order valence-electron chi connectivity index (χ4n) is 2.81. The summed E-state index contributed by atoms with van der Waals surface area (Å²) in [5.74, 6) is -1.71. The molecule has 1 aromatic rings. The van der Waals surface area contributed by atoms with Crippen LogP contribution in [-0.4, -0.2) is 54.4 Å². The number of para-hydroxylation sites is 1. The normalized spacial score (nSPS) is 16.1. The maximum Gasteiger partial charge on any atom is 0.325 e. The number of carbonyl (C=O) groups is 4. The molecule has 140 valence electrons. The second kappa shape index (κ2) is 8.98. The molecule has 0 bridgehead atoms. The van der Waals surface area contributed by atoms with E-state index in [-0.39, 0.29) is 24.5 Å². The molecule has 0 spiro atoms. The zero-order chi connectivity index (χ0) is 19.1. The molecule has 1 N–H and O–H groups in total. The highest BCUT2D eigenvalue weighted by Crippen LogP contribution is 2.25. The maximum atomic E-state index is 12.9. The first-order valence-electron chi connectivity index (χ1n) is 8.45. The molecule has 1 aliphatic rings. The van der Waals surface area contributed by atoms with Crippen LogP contribution in [0.1, 0.15) is 37.0 Å². The van der Waals surface area contributed by atoms with Crippen LogP contribution in [0.3, 0.4) is 0 Å². The van der Waals surface area contributed by atoms with E-state index in [2.05, 4.69) is 5.32 Å². The third-order valence-electron chi connectivity index (χ3n) is 3.90. The lowest BCUT2D eigenvalue weighted by Gasteiger charge is -2.24. The number of rotatable bonds is 6. The van der Waals surface area contributed by atoms with Crippen molar-refractivity contribution in [3.05, 3.63) is 29.8 Å². The van der Waals surface area contributed by atoms with Gasteiger partial charge >= 0.3 is 11.9 Å². The average molecular weight is 362 g/mol. The molecule has 1 saturated heterocycles. The van der Waals surface area contributed by atoms with Crippen LogP contribution >= 0.6 is 0 Å². The van der Waals surface area contributed by atoms with E-state index in [9.17, 15) is 19.2 Å². The van der Waals surface area contributed by atoms with Gasteiger partial charge in [-0.3, -0.25) is 19.2 Å². The van der Waals surface area contributed by atoms with Crippen molar-refractivity contribution >= 4 is 23.8 Å². The topological polar surface area (TPSA) is 102 Å². The first-order valence-corrected chi connectivity index (χ1v) is 8.45. The first-order chi connectivity index (χ1) is 12.4. The lowest BCUT2D eigenvalue weighted by atomic mass is 10.1. The zero-order valence-corrected chi connectivity index (χ0v) is 14.8. The Balaban J connectivity index is 2.10. The van der Waals surface area contributed by atoms with E-state index in [4.69, 9.17) is 9.47 Å². The number of esters is 2. The van der Waals surface area contributed by atoms with Crippen molar-refractivity contribution in [2.24, 2.45) is 0 Å². The number of nitrogens with one attached hydrogen (secondary N) is 1. The zero-order valence-electron chi connectivity index (χ0n) is 14.8. The lowest BCUT2D eigenvalue weighted by Crippen LogP contribution is -2.47. The van der Waals surface area contributed by atoms with Crippen LogP contribution in [-0.2, 0) is 19.1 Å². The van der Waals surface area contributed by atoms with E-state index < -0.39 is 29.8 Å². The lowest BCUT2D eigenvalue weighted by molar-refractivity contribution is -0.143. The van der Waals surface area contributed by atoms with Crippen LogP contribution in [0.5, 0.6) is 5.75 Å². The quantitative estimate of drug-likeness (QED) is 0.596. The number of hydrogen-bond donors (Lipinski definition) is 1. The standard InChI is InChI=1S/C18H22N2O6/c1-3-25-16(22)11-19-17(23)14-8-6-10-20(14)18(24)13-7-4-5-9-15(13)26-12(2)21/h4-5,7,9,14H,3,6,8,10-11H2,1-2H3,(H,19,23)/t14-/m1/s1. The molecule has 2 rings (SSSR count). The number of carbonyl (C=O) groups excluding carboxylic acids is 4. The predicted octanol–water partition coefficient (Wildman–Crippen LogP) is 0.896. The maximum absolute atomic E-state index is 12.9. The molecule has 0 saturated carbocycles. The number of hydrogen-bond acceptors (Lipinski definition) is 6. The van der Waals surface area contributed by atoms with Crippen molar-refractivity contribution in [3.8, 4) is 5.75 Å². The second-order valence-electron chi connectivity index (χ2n) is 5.77. The monoisotopic (exact) mass is 362 g/mol. The van der Waals surface area contributed by atoms with Gasteiger partial charge in [0.1, 0.15) is 18.3 Å².